The van der Waals surface area contributed by atoms with E-state index < -0.39 is 17.8 Å². The summed E-state index contributed by atoms with van der Waals surface area (Å²) < 4.78 is 13.3. The molecule has 7 nitrogen and oxygen atoms in total. The molecule has 2 heterocycles. The molecule has 2 atom stereocenters. The maximum atomic E-state index is 13.3. The molecule has 0 aromatic heterocycles. The molecule has 29 heavy (non-hydrogen) atoms. The lowest BCUT2D eigenvalue weighted by atomic mass is 9.99. The van der Waals surface area contributed by atoms with Crippen molar-refractivity contribution < 1.29 is 14.0 Å². The number of benzene rings is 2. The maximum absolute atomic E-state index is 13.3. The Morgan fingerprint density at radius 1 is 1.28 bits per heavy atom. The van der Waals surface area contributed by atoms with Crippen molar-refractivity contribution in [2.45, 2.75) is 31.8 Å². The van der Waals surface area contributed by atoms with E-state index >= 15 is 0 Å². The number of halogens is 1. The fourth-order valence-electron chi connectivity index (χ4n) is 3.56. The Morgan fingerprint density at radius 3 is 2.79 bits per heavy atom. The van der Waals surface area contributed by atoms with Gasteiger partial charge in [-0.1, -0.05) is 37.3 Å². The Bertz CT molecular complexity index is 946. The first-order valence-electron chi connectivity index (χ1n) is 9.57. The quantitative estimate of drug-likeness (QED) is 0.815. The third-order valence-corrected chi connectivity index (χ3v) is 5.15. The van der Waals surface area contributed by atoms with E-state index in [4.69, 9.17) is 0 Å². The van der Waals surface area contributed by atoms with Crippen molar-refractivity contribution in [3.63, 3.8) is 0 Å². The number of hydrogen-bond acceptors (Lipinski definition) is 5. The van der Waals surface area contributed by atoms with Crippen LogP contribution in [-0.4, -0.2) is 40.8 Å². The summed E-state index contributed by atoms with van der Waals surface area (Å²) in [6.45, 7) is 1.88. The molecule has 2 N–H and O–H groups in total. The Balaban J connectivity index is 1.39. The number of hydrogen-bond donors (Lipinski definition) is 2. The molecule has 0 radical (unpaired) electrons. The zero-order chi connectivity index (χ0) is 20.4. The van der Waals surface area contributed by atoms with Gasteiger partial charge in [0, 0.05) is 5.69 Å². The molecular weight excluding hydrogens is 373 g/mol. The molecule has 0 spiro atoms. The van der Waals surface area contributed by atoms with Gasteiger partial charge in [-0.25, -0.2) is 14.8 Å². The number of carbonyl (C=O) groups excluding carboxylic acids is 2. The Morgan fingerprint density at radius 2 is 2.07 bits per heavy atom. The van der Waals surface area contributed by atoms with E-state index in [0.717, 1.165) is 17.0 Å². The smallest absolute Gasteiger partial charge is 0.267 e. The van der Waals surface area contributed by atoms with Crippen LogP contribution in [0, 0.1) is 5.82 Å². The molecule has 8 heteroatoms. The molecule has 2 aliphatic heterocycles. The van der Waals surface area contributed by atoms with Crippen LogP contribution in [0.15, 0.2) is 53.6 Å². The van der Waals surface area contributed by atoms with E-state index in [0.29, 0.717) is 12.1 Å². The lowest BCUT2D eigenvalue weighted by Crippen LogP contribution is -2.52. The molecule has 2 unspecified atom stereocenters. The van der Waals surface area contributed by atoms with Crippen LogP contribution in [0.5, 0.6) is 0 Å². The number of fused-ring (bicyclic) bond motifs is 1. The highest BCUT2D eigenvalue weighted by Gasteiger charge is 2.41. The van der Waals surface area contributed by atoms with E-state index in [1.54, 1.807) is 11.1 Å². The third kappa shape index (κ3) is 4.12. The minimum absolute atomic E-state index is 0.00220. The zero-order valence-electron chi connectivity index (χ0n) is 16.0. The highest BCUT2D eigenvalue weighted by Crippen LogP contribution is 2.29. The van der Waals surface area contributed by atoms with Crippen molar-refractivity contribution in [2.24, 2.45) is 5.10 Å². The van der Waals surface area contributed by atoms with Gasteiger partial charge in [-0.05, 0) is 42.2 Å². The number of hydrazone groups is 1. The van der Waals surface area contributed by atoms with Crippen LogP contribution in [-0.2, 0) is 16.0 Å². The van der Waals surface area contributed by atoms with Crippen molar-refractivity contribution in [1.29, 1.82) is 0 Å². The number of aryl methyl sites for hydroxylation is 1. The first-order chi connectivity index (χ1) is 14.0. The summed E-state index contributed by atoms with van der Waals surface area (Å²) in [4.78, 5) is 25.1. The number of amides is 2. The minimum atomic E-state index is -0.444. The summed E-state index contributed by atoms with van der Waals surface area (Å²) in [5.41, 5.74) is 5.99. The normalized spacial score (nSPS) is 20.7. The van der Waals surface area contributed by atoms with E-state index in [1.807, 2.05) is 0 Å². The molecule has 0 saturated carbocycles. The fourth-order valence-corrected chi connectivity index (χ4v) is 3.56. The van der Waals surface area contributed by atoms with Gasteiger partial charge in [0.1, 0.15) is 24.7 Å². The zero-order valence-corrected chi connectivity index (χ0v) is 16.0. The fraction of sp³-hybridized carbons (Fsp3) is 0.286. The number of carbonyl (C=O) groups is 2. The van der Waals surface area contributed by atoms with Crippen LogP contribution in [0.2, 0.25) is 0 Å². The summed E-state index contributed by atoms with van der Waals surface area (Å²) in [6, 6.07) is 13.5. The molecule has 150 valence electrons. The van der Waals surface area contributed by atoms with Crippen molar-refractivity contribution in [1.82, 2.24) is 15.4 Å². The summed E-state index contributed by atoms with van der Waals surface area (Å²) in [5.74, 6) is -1.13. The maximum Gasteiger partial charge on any atom is 0.267 e. The monoisotopic (exact) mass is 395 g/mol. The summed E-state index contributed by atoms with van der Waals surface area (Å²) in [6.07, 6.45) is 3.09. The van der Waals surface area contributed by atoms with Gasteiger partial charge in [0.15, 0.2) is 0 Å². The van der Waals surface area contributed by atoms with Crippen LogP contribution >= 0.6 is 0 Å². The second-order valence-electron chi connectivity index (χ2n) is 7.12. The van der Waals surface area contributed by atoms with Crippen LogP contribution < -0.4 is 10.7 Å². The van der Waals surface area contributed by atoms with Gasteiger partial charge in [-0.3, -0.25) is 14.6 Å². The molecule has 0 bridgehead atoms. The molecule has 0 aliphatic carbocycles. The van der Waals surface area contributed by atoms with Crippen molar-refractivity contribution in [3.05, 3.63) is 65.5 Å². The number of rotatable bonds is 5. The lowest BCUT2D eigenvalue weighted by molar-refractivity contribution is -0.139. The molecule has 2 aromatic carbocycles. The Labute approximate surface area is 168 Å². The van der Waals surface area contributed by atoms with Crippen LogP contribution in [0.25, 0.3) is 0 Å². The van der Waals surface area contributed by atoms with Crippen LogP contribution in [0.1, 0.15) is 30.5 Å². The summed E-state index contributed by atoms with van der Waals surface area (Å²) >= 11 is 0. The first-order valence-corrected chi connectivity index (χ1v) is 9.57. The Hall–Kier alpha value is -3.26. The van der Waals surface area contributed by atoms with Gasteiger partial charge in [0.05, 0.1) is 6.04 Å². The average molecular weight is 395 g/mol. The first kappa shape index (κ1) is 19.1. The van der Waals surface area contributed by atoms with Gasteiger partial charge in [-0.15, -0.1) is 0 Å². The van der Waals surface area contributed by atoms with Crippen LogP contribution in [0.3, 0.4) is 0 Å². The molecule has 4 rings (SSSR count). The summed E-state index contributed by atoms with van der Waals surface area (Å²) in [5, 5.41) is 9.52. The molecule has 2 amide bonds. The minimum Gasteiger partial charge on any atom is -0.324 e. The number of hydrazine groups is 1. The van der Waals surface area contributed by atoms with Gasteiger partial charge in [0.2, 0.25) is 5.91 Å². The topological polar surface area (TPSA) is 77.0 Å². The predicted molar refractivity (Wildman–Crippen MR) is 107 cm³/mol. The summed E-state index contributed by atoms with van der Waals surface area (Å²) in [7, 11) is 0. The van der Waals surface area contributed by atoms with Crippen molar-refractivity contribution >= 4 is 23.8 Å². The molecule has 2 aromatic rings. The molecule has 1 saturated heterocycles. The molecule has 2 aliphatic rings. The molecule has 1 fully saturated rings. The Kier molecular flexibility index (Phi) is 5.26. The van der Waals surface area contributed by atoms with Gasteiger partial charge >= 0.3 is 0 Å². The second kappa shape index (κ2) is 8.00. The number of nitrogens with zero attached hydrogens (tertiary/aromatic N) is 3. The highest BCUT2D eigenvalue weighted by atomic mass is 19.1. The number of anilines is 1. The van der Waals surface area contributed by atoms with E-state index in [9.17, 15) is 14.0 Å². The SMILES string of the molecule is CCc1ccc(C2CC3C(=O)N(CC(=O)Nc4cccc(F)c4)N=CN3N2)cc1. The second-order valence-corrected chi connectivity index (χ2v) is 7.12. The van der Waals surface area contributed by atoms with Gasteiger partial charge in [-0.2, -0.15) is 5.10 Å². The molecular formula is C21H22FN5O2. The highest BCUT2D eigenvalue weighted by molar-refractivity contribution is 5.96. The van der Waals surface area contributed by atoms with E-state index in [-0.39, 0.29) is 18.5 Å². The third-order valence-electron chi connectivity index (χ3n) is 5.15. The standard InChI is InChI=1S/C21H22FN5O2/c1-2-14-6-8-15(9-7-14)18-11-19-21(29)26(23-13-27(19)25-18)12-20(28)24-17-5-3-4-16(22)10-17/h3-10,13,18-19,25H,2,11-12H2,1H3,(H,24,28). The van der Waals surface area contributed by atoms with Gasteiger partial charge < -0.3 is 5.32 Å². The van der Waals surface area contributed by atoms with Gasteiger partial charge in [0.25, 0.3) is 5.91 Å². The lowest BCUT2D eigenvalue weighted by Gasteiger charge is -2.29. The average Bonchev–Trinajstić information content (AvgIpc) is 3.15. The largest absolute Gasteiger partial charge is 0.324 e. The van der Waals surface area contributed by atoms with Crippen LogP contribution in [0.4, 0.5) is 10.1 Å². The van der Waals surface area contributed by atoms with Crippen molar-refractivity contribution in [3.8, 4) is 0 Å². The van der Waals surface area contributed by atoms with E-state index in [1.165, 1.54) is 30.1 Å². The predicted octanol–water partition coefficient (Wildman–Crippen LogP) is 2.43. The van der Waals surface area contributed by atoms with Crippen molar-refractivity contribution in [2.75, 3.05) is 11.9 Å². The van der Waals surface area contributed by atoms with E-state index in [2.05, 4.69) is 47.0 Å². The number of nitrogens with one attached hydrogen (secondary N) is 2.